The molecule has 25 heavy (non-hydrogen) atoms. The lowest BCUT2D eigenvalue weighted by atomic mass is 10.1. The van der Waals surface area contributed by atoms with Crippen LogP contribution in [-0.4, -0.2) is 10.9 Å². The van der Waals surface area contributed by atoms with Crippen molar-refractivity contribution in [3.05, 3.63) is 70.9 Å². The summed E-state index contributed by atoms with van der Waals surface area (Å²) in [7, 11) is 0. The molecule has 0 radical (unpaired) electrons. The van der Waals surface area contributed by atoms with E-state index in [-0.39, 0.29) is 11.0 Å². The van der Waals surface area contributed by atoms with Crippen molar-refractivity contribution < 1.29 is 13.6 Å². The highest BCUT2D eigenvalue weighted by Crippen LogP contribution is 2.34. The van der Waals surface area contributed by atoms with E-state index in [4.69, 9.17) is 11.6 Å². The Morgan fingerprint density at radius 3 is 2.52 bits per heavy atom. The maximum atomic E-state index is 13.7. The number of nitrogens with zero attached hydrogens (tertiary/aromatic N) is 1. The van der Waals surface area contributed by atoms with Crippen LogP contribution in [0.1, 0.15) is 21.6 Å². The quantitative estimate of drug-likeness (QED) is 0.618. The molecule has 2 aromatic carbocycles. The molecule has 0 aliphatic rings. The number of amides is 1. The number of aromatic nitrogens is 1. The first-order valence-electron chi connectivity index (χ1n) is 7.37. The summed E-state index contributed by atoms with van der Waals surface area (Å²) in [5.41, 5.74) is 1.96. The third-order valence-electron chi connectivity index (χ3n) is 3.51. The number of hydrogen-bond acceptors (Lipinski definition) is 3. The van der Waals surface area contributed by atoms with Gasteiger partial charge in [0.25, 0.3) is 5.91 Å². The van der Waals surface area contributed by atoms with Crippen LogP contribution in [0.2, 0.25) is 0 Å². The van der Waals surface area contributed by atoms with Gasteiger partial charge in [0.1, 0.15) is 17.2 Å². The molecular formula is C18H13ClF2N2OS. The molecule has 0 bridgehead atoms. The standard InChI is InChI=1S/C18H13ClF2N2OS/c1-10-4-2-5-11(8-10)16-14(9-19)22-18(25-16)23-17(24)15-12(20)6-3-7-13(15)21/h2-8H,9H2,1H3,(H,22,23,24). The van der Waals surface area contributed by atoms with Crippen molar-refractivity contribution in [2.45, 2.75) is 12.8 Å². The van der Waals surface area contributed by atoms with E-state index in [0.717, 1.165) is 28.1 Å². The molecule has 0 atom stereocenters. The van der Waals surface area contributed by atoms with E-state index >= 15 is 0 Å². The summed E-state index contributed by atoms with van der Waals surface area (Å²) >= 11 is 7.16. The predicted molar refractivity (Wildman–Crippen MR) is 96.2 cm³/mol. The van der Waals surface area contributed by atoms with Gasteiger partial charge in [-0.2, -0.15) is 0 Å². The van der Waals surface area contributed by atoms with Crippen molar-refractivity contribution in [2.75, 3.05) is 5.32 Å². The largest absolute Gasteiger partial charge is 0.298 e. The van der Waals surface area contributed by atoms with Gasteiger partial charge in [0, 0.05) is 0 Å². The topological polar surface area (TPSA) is 42.0 Å². The van der Waals surface area contributed by atoms with Crippen molar-refractivity contribution in [1.29, 1.82) is 0 Å². The summed E-state index contributed by atoms with van der Waals surface area (Å²) in [6.07, 6.45) is 0. The predicted octanol–water partition coefficient (Wildman–Crippen LogP) is 5.39. The van der Waals surface area contributed by atoms with E-state index in [1.807, 2.05) is 31.2 Å². The molecule has 1 heterocycles. The van der Waals surface area contributed by atoms with Crippen molar-refractivity contribution in [1.82, 2.24) is 4.98 Å². The highest BCUT2D eigenvalue weighted by atomic mass is 35.5. The highest BCUT2D eigenvalue weighted by Gasteiger charge is 2.20. The molecule has 3 rings (SSSR count). The van der Waals surface area contributed by atoms with E-state index in [1.54, 1.807) is 0 Å². The number of halogens is 3. The first-order valence-corrected chi connectivity index (χ1v) is 8.72. The summed E-state index contributed by atoms with van der Waals surface area (Å²) < 4.78 is 27.4. The maximum Gasteiger partial charge on any atom is 0.263 e. The fourth-order valence-corrected chi connectivity index (χ4v) is 3.63. The zero-order chi connectivity index (χ0) is 18.0. The SMILES string of the molecule is Cc1cccc(-c2sc(NC(=O)c3c(F)cccc3F)nc2CCl)c1. The fourth-order valence-electron chi connectivity index (χ4n) is 2.38. The normalized spacial score (nSPS) is 10.7. The molecule has 0 aliphatic carbocycles. The Morgan fingerprint density at radius 1 is 1.20 bits per heavy atom. The lowest BCUT2D eigenvalue weighted by Crippen LogP contribution is -2.15. The van der Waals surface area contributed by atoms with E-state index in [1.165, 1.54) is 17.4 Å². The van der Waals surface area contributed by atoms with Crippen LogP contribution in [0.15, 0.2) is 42.5 Å². The first kappa shape index (κ1) is 17.5. The number of nitrogens with one attached hydrogen (secondary N) is 1. The molecule has 1 aromatic heterocycles. The fraction of sp³-hybridized carbons (Fsp3) is 0.111. The van der Waals surface area contributed by atoms with Gasteiger partial charge < -0.3 is 0 Å². The molecule has 0 spiro atoms. The monoisotopic (exact) mass is 378 g/mol. The zero-order valence-electron chi connectivity index (χ0n) is 13.1. The summed E-state index contributed by atoms with van der Waals surface area (Å²) in [4.78, 5) is 17.3. The Bertz CT molecular complexity index is 922. The summed E-state index contributed by atoms with van der Waals surface area (Å²) in [6.45, 7) is 1.97. The number of benzene rings is 2. The van der Waals surface area contributed by atoms with Gasteiger partial charge >= 0.3 is 0 Å². The molecular weight excluding hydrogens is 366 g/mol. The smallest absolute Gasteiger partial charge is 0.263 e. The van der Waals surface area contributed by atoms with Gasteiger partial charge in [-0.25, -0.2) is 13.8 Å². The Morgan fingerprint density at radius 2 is 1.88 bits per heavy atom. The van der Waals surface area contributed by atoms with Crippen LogP contribution in [-0.2, 0) is 5.88 Å². The van der Waals surface area contributed by atoms with Crippen molar-refractivity contribution in [3.63, 3.8) is 0 Å². The van der Waals surface area contributed by atoms with E-state index < -0.39 is 23.1 Å². The second-order valence-corrected chi connectivity index (χ2v) is 6.62. The van der Waals surface area contributed by atoms with Crippen LogP contribution in [0, 0.1) is 18.6 Å². The molecule has 0 saturated carbocycles. The van der Waals surface area contributed by atoms with Crippen LogP contribution in [0.3, 0.4) is 0 Å². The molecule has 3 nitrogen and oxygen atoms in total. The average molecular weight is 379 g/mol. The van der Waals surface area contributed by atoms with Gasteiger partial charge in [-0.1, -0.05) is 47.2 Å². The average Bonchev–Trinajstić information content (AvgIpc) is 2.97. The van der Waals surface area contributed by atoms with Crippen molar-refractivity contribution in [3.8, 4) is 10.4 Å². The number of rotatable bonds is 4. The Balaban J connectivity index is 1.93. The number of carbonyl (C=O) groups is 1. The number of hydrogen-bond donors (Lipinski definition) is 1. The van der Waals surface area contributed by atoms with Crippen LogP contribution < -0.4 is 5.32 Å². The Kier molecular flexibility index (Phi) is 5.11. The molecule has 3 aromatic rings. The van der Waals surface area contributed by atoms with Gasteiger partial charge in [-0.3, -0.25) is 10.1 Å². The summed E-state index contributed by atoms with van der Waals surface area (Å²) in [5, 5.41) is 2.69. The zero-order valence-corrected chi connectivity index (χ0v) is 14.7. The molecule has 1 N–H and O–H groups in total. The summed E-state index contributed by atoms with van der Waals surface area (Å²) in [6, 6.07) is 11.0. The van der Waals surface area contributed by atoms with Gasteiger partial charge in [0.2, 0.25) is 0 Å². The molecule has 0 unspecified atom stereocenters. The lowest BCUT2D eigenvalue weighted by Gasteiger charge is -2.04. The van der Waals surface area contributed by atoms with Crippen LogP contribution in [0.5, 0.6) is 0 Å². The second-order valence-electron chi connectivity index (χ2n) is 5.35. The maximum absolute atomic E-state index is 13.7. The Hall–Kier alpha value is -2.31. The van der Waals surface area contributed by atoms with Gasteiger partial charge in [-0.05, 0) is 24.6 Å². The number of alkyl halides is 1. The third-order valence-corrected chi connectivity index (χ3v) is 4.83. The van der Waals surface area contributed by atoms with E-state index in [9.17, 15) is 13.6 Å². The first-order chi connectivity index (χ1) is 12.0. The molecule has 1 amide bonds. The molecule has 0 saturated heterocycles. The summed E-state index contributed by atoms with van der Waals surface area (Å²) in [5.74, 6) is -2.58. The van der Waals surface area contributed by atoms with Crippen LogP contribution in [0.4, 0.5) is 13.9 Å². The molecule has 128 valence electrons. The van der Waals surface area contributed by atoms with Crippen molar-refractivity contribution in [2.24, 2.45) is 0 Å². The number of aryl methyl sites for hydroxylation is 1. The van der Waals surface area contributed by atoms with E-state index in [2.05, 4.69) is 10.3 Å². The minimum absolute atomic E-state index is 0.156. The number of carbonyl (C=O) groups excluding carboxylic acids is 1. The lowest BCUT2D eigenvalue weighted by molar-refractivity contribution is 0.101. The number of thiazole rings is 1. The minimum atomic E-state index is -0.925. The van der Waals surface area contributed by atoms with Crippen LogP contribution >= 0.6 is 22.9 Å². The van der Waals surface area contributed by atoms with Gasteiger partial charge in [0.05, 0.1) is 16.5 Å². The Labute approximate surface area is 152 Å². The van der Waals surface area contributed by atoms with E-state index in [0.29, 0.717) is 5.69 Å². The van der Waals surface area contributed by atoms with Crippen LogP contribution in [0.25, 0.3) is 10.4 Å². The minimum Gasteiger partial charge on any atom is -0.298 e. The number of anilines is 1. The second kappa shape index (κ2) is 7.29. The third kappa shape index (κ3) is 3.70. The molecule has 7 heteroatoms. The van der Waals surface area contributed by atoms with Gasteiger partial charge in [0.15, 0.2) is 5.13 Å². The molecule has 0 fully saturated rings. The van der Waals surface area contributed by atoms with Crippen molar-refractivity contribution >= 4 is 34.0 Å². The van der Waals surface area contributed by atoms with Gasteiger partial charge in [-0.15, -0.1) is 11.6 Å². The molecule has 0 aliphatic heterocycles. The highest BCUT2D eigenvalue weighted by molar-refractivity contribution is 7.19.